The van der Waals surface area contributed by atoms with E-state index in [9.17, 15) is 9.70 Å². The first-order chi connectivity index (χ1) is 5.11. The molecule has 0 aliphatic heterocycles. The van der Waals surface area contributed by atoms with Crippen LogP contribution in [0.4, 0.5) is 0 Å². The lowest BCUT2D eigenvalue weighted by Gasteiger charge is -2.09. The predicted octanol–water partition coefficient (Wildman–Crippen LogP) is 1.56. The molecule has 0 N–H and O–H groups in total. The van der Waals surface area contributed by atoms with Gasteiger partial charge in [-0.1, -0.05) is 20.3 Å². The zero-order valence-corrected chi connectivity index (χ0v) is 7.20. The van der Waals surface area contributed by atoms with Gasteiger partial charge in [0, 0.05) is 13.5 Å². The van der Waals surface area contributed by atoms with Crippen molar-refractivity contribution in [3.63, 3.8) is 0 Å². The summed E-state index contributed by atoms with van der Waals surface area (Å²) in [6, 6.07) is 0. The molecule has 64 valence electrons. The molecule has 0 aromatic carbocycles. The van der Waals surface area contributed by atoms with E-state index in [0.717, 1.165) is 11.4 Å². The topological polar surface area (TPSA) is 49.7 Å². The number of nitroso groups, excluding NO2 is 1. The third kappa shape index (κ3) is 3.70. The largest absolute Gasteiger partial charge is 0.273 e. The van der Waals surface area contributed by atoms with Gasteiger partial charge < -0.3 is 0 Å². The molecule has 0 aliphatic rings. The number of nitrogens with zero attached hydrogens (tertiary/aromatic N) is 2. The first kappa shape index (κ1) is 10.1. The highest BCUT2D eigenvalue weighted by atomic mass is 16.3. The minimum absolute atomic E-state index is 0.214. The Bertz CT molecular complexity index is 147. The number of amides is 1. The van der Waals surface area contributed by atoms with Crippen LogP contribution in [-0.4, -0.2) is 18.0 Å². The highest BCUT2D eigenvalue weighted by Crippen LogP contribution is 2.07. The molecule has 0 aromatic heterocycles. The van der Waals surface area contributed by atoms with Crippen LogP contribution in [0.2, 0.25) is 0 Å². The summed E-state index contributed by atoms with van der Waals surface area (Å²) < 4.78 is 0. The van der Waals surface area contributed by atoms with E-state index in [4.69, 9.17) is 0 Å². The summed E-state index contributed by atoms with van der Waals surface area (Å²) in [6.07, 6.45) is 1.34. The SMILES string of the molecule is CC[C@H](C)CC(=O)N(C)N=O. The van der Waals surface area contributed by atoms with Crippen molar-refractivity contribution in [2.24, 2.45) is 11.2 Å². The molecule has 0 heterocycles. The fourth-order valence-electron chi connectivity index (χ4n) is 0.620. The average Bonchev–Trinajstić information content (AvgIpc) is 2.02. The Morgan fingerprint density at radius 3 is 2.55 bits per heavy atom. The minimum Gasteiger partial charge on any atom is -0.273 e. The van der Waals surface area contributed by atoms with Crippen molar-refractivity contribution in [2.45, 2.75) is 26.7 Å². The third-order valence-corrected chi connectivity index (χ3v) is 1.70. The van der Waals surface area contributed by atoms with Crippen molar-refractivity contribution in [1.29, 1.82) is 0 Å². The van der Waals surface area contributed by atoms with Crippen LogP contribution >= 0.6 is 0 Å². The molecule has 11 heavy (non-hydrogen) atoms. The molecule has 4 nitrogen and oxygen atoms in total. The maximum atomic E-state index is 11.0. The van der Waals surface area contributed by atoms with Gasteiger partial charge in [0.15, 0.2) is 0 Å². The maximum absolute atomic E-state index is 11.0. The standard InChI is InChI=1S/C7H14N2O2/c1-4-6(2)5-7(10)9(3)8-11/h6H,4-5H2,1-3H3/t6-/m0/s1. The van der Waals surface area contributed by atoms with Gasteiger partial charge >= 0.3 is 0 Å². The summed E-state index contributed by atoms with van der Waals surface area (Å²) in [5, 5.41) is 3.35. The van der Waals surface area contributed by atoms with Gasteiger partial charge in [0.05, 0.1) is 5.29 Å². The molecule has 0 spiro atoms. The van der Waals surface area contributed by atoms with E-state index in [1.165, 1.54) is 7.05 Å². The zero-order valence-electron chi connectivity index (χ0n) is 7.20. The van der Waals surface area contributed by atoms with Crippen molar-refractivity contribution < 1.29 is 4.79 Å². The fraction of sp³-hybridized carbons (Fsp3) is 0.857. The van der Waals surface area contributed by atoms with Crippen LogP contribution in [0.25, 0.3) is 0 Å². The van der Waals surface area contributed by atoms with Gasteiger partial charge in [0.2, 0.25) is 5.91 Å². The number of carbonyl (C=O) groups excluding carboxylic acids is 1. The molecule has 0 radical (unpaired) electrons. The molecule has 0 fully saturated rings. The minimum atomic E-state index is -0.214. The van der Waals surface area contributed by atoms with Crippen molar-refractivity contribution in [2.75, 3.05) is 7.05 Å². The fourth-order valence-corrected chi connectivity index (χ4v) is 0.620. The van der Waals surface area contributed by atoms with Gasteiger partial charge in [-0.2, -0.15) is 5.01 Å². The van der Waals surface area contributed by atoms with Gasteiger partial charge in [-0.3, -0.25) is 4.79 Å². The summed E-state index contributed by atoms with van der Waals surface area (Å²) in [4.78, 5) is 20.8. The molecule has 0 bridgehead atoms. The van der Waals surface area contributed by atoms with Gasteiger partial charge in [-0.15, -0.1) is 4.91 Å². The van der Waals surface area contributed by atoms with Crippen molar-refractivity contribution in [1.82, 2.24) is 5.01 Å². The third-order valence-electron chi connectivity index (χ3n) is 1.70. The molecule has 1 atom stereocenters. The van der Waals surface area contributed by atoms with E-state index in [1.54, 1.807) is 0 Å². The smallest absolute Gasteiger partial charge is 0.245 e. The molecular formula is C7H14N2O2. The van der Waals surface area contributed by atoms with Crippen LogP contribution in [0.15, 0.2) is 5.29 Å². The van der Waals surface area contributed by atoms with E-state index in [1.807, 2.05) is 13.8 Å². The average molecular weight is 158 g/mol. The van der Waals surface area contributed by atoms with Crippen molar-refractivity contribution >= 4 is 5.91 Å². The Morgan fingerprint density at radius 2 is 2.18 bits per heavy atom. The molecule has 0 rings (SSSR count). The van der Waals surface area contributed by atoms with Crippen LogP contribution in [0.3, 0.4) is 0 Å². The van der Waals surface area contributed by atoms with Crippen LogP contribution in [0.5, 0.6) is 0 Å². The molecule has 0 aromatic rings. The Balaban J connectivity index is 3.77. The summed E-state index contributed by atoms with van der Waals surface area (Å²) in [5.41, 5.74) is 0. The van der Waals surface area contributed by atoms with Crippen molar-refractivity contribution in [3.8, 4) is 0 Å². The Kier molecular flexibility index (Phi) is 4.41. The highest BCUT2D eigenvalue weighted by Gasteiger charge is 2.11. The van der Waals surface area contributed by atoms with E-state index in [0.29, 0.717) is 12.3 Å². The lowest BCUT2D eigenvalue weighted by Crippen LogP contribution is -2.22. The Morgan fingerprint density at radius 1 is 1.64 bits per heavy atom. The summed E-state index contributed by atoms with van der Waals surface area (Å²) in [7, 11) is 1.37. The van der Waals surface area contributed by atoms with Crippen LogP contribution < -0.4 is 0 Å². The van der Waals surface area contributed by atoms with E-state index >= 15 is 0 Å². The lowest BCUT2D eigenvalue weighted by molar-refractivity contribution is -0.130. The first-order valence-electron chi connectivity index (χ1n) is 3.71. The lowest BCUT2D eigenvalue weighted by atomic mass is 10.1. The van der Waals surface area contributed by atoms with E-state index in [-0.39, 0.29) is 5.91 Å². The quantitative estimate of drug-likeness (QED) is 0.460. The van der Waals surface area contributed by atoms with E-state index < -0.39 is 0 Å². The molecule has 0 saturated carbocycles. The van der Waals surface area contributed by atoms with Crippen LogP contribution in [-0.2, 0) is 4.79 Å². The summed E-state index contributed by atoms with van der Waals surface area (Å²) in [5.74, 6) is 0.112. The van der Waals surface area contributed by atoms with Gasteiger partial charge in [-0.05, 0) is 5.92 Å². The number of hydrogen-bond acceptors (Lipinski definition) is 3. The van der Waals surface area contributed by atoms with Crippen LogP contribution in [0, 0.1) is 10.8 Å². The van der Waals surface area contributed by atoms with Gasteiger partial charge in [0.25, 0.3) is 0 Å². The maximum Gasteiger partial charge on any atom is 0.245 e. The number of hydrogen-bond donors (Lipinski definition) is 0. The molecule has 0 unspecified atom stereocenters. The number of carbonyl (C=O) groups is 1. The molecule has 0 aliphatic carbocycles. The molecular weight excluding hydrogens is 144 g/mol. The van der Waals surface area contributed by atoms with E-state index in [2.05, 4.69) is 5.29 Å². The predicted molar refractivity (Wildman–Crippen MR) is 42.6 cm³/mol. The normalized spacial score (nSPS) is 12.3. The second-order valence-electron chi connectivity index (χ2n) is 2.72. The number of rotatable bonds is 4. The second kappa shape index (κ2) is 4.82. The molecule has 4 heteroatoms. The monoisotopic (exact) mass is 158 g/mol. The Hall–Kier alpha value is -0.930. The molecule has 0 saturated heterocycles. The summed E-state index contributed by atoms with van der Waals surface area (Å²) >= 11 is 0. The highest BCUT2D eigenvalue weighted by molar-refractivity contribution is 5.75. The van der Waals surface area contributed by atoms with Crippen LogP contribution in [0.1, 0.15) is 26.7 Å². The first-order valence-corrected chi connectivity index (χ1v) is 3.71. The van der Waals surface area contributed by atoms with Gasteiger partial charge in [0.1, 0.15) is 0 Å². The van der Waals surface area contributed by atoms with Gasteiger partial charge in [-0.25, -0.2) is 0 Å². The zero-order chi connectivity index (χ0) is 8.85. The molecule has 1 amide bonds. The Labute approximate surface area is 66.5 Å². The van der Waals surface area contributed by atoms with Crippen molar-refractivity contribution in [3.05, 3.63) is 4.91 Å². The second-order valence-corrected chi connectivity index (χ2v) is 2.72. The summed E-state index contributed by atoms with van der Waals surface area (Å²) in [6.45, 7) is 3.98.